The lowest BCUT2D eigenvalue weighted by Gasteiger charge is -2.15. The molecule has 1 aromatic carbocycles. The Morgan fingerprint density at radius 2 is 1.88 bits per heavy atom. The van der Waals surface area contributed by atoms with E-state index < -0.39 is 27.0 Å². The van der Waals surface area contributed by atoms with Gasteiger partial charge in [-0.05, 0) is 36.8 Å². The van der Waals surface area contributed by atoms with E-state index in [1.165, 1.54) is 12.1 Å². The third-order valence-electron chi connectivity index (χ3n) is 4.48. The Morgan fingerprint density at radius 1 is 1.19 bits per heavy atom. The molecule has 1 atom stereocenters. The minimum Gasteiger partial charge on any atom is -0.444 e. The van der Waals surface area contributed by atoms with Gasteiger partial charge in [-0.15, -0.1) is 0 Å². The van der Waals surface area contributed by atoms with Gasteiger partial charge < -0.3 is 15.4 Å². The Morgan fingerprint density at radius 3 is 2.47 bits per heavy atom. The second kappa shape index (κ2) is 13.0. The molecule has 11 nitrogen and oxygen atoms in total. The number of hydrogen-bond acceptors (Lipinski definition) is 8. The van der Waals surface area contributed by atoms with Crippen LogP contribution in [-0.4, -0.2) is 51.3 Å². The Labute approximate surface area is 188 Å². The van der Waals surface area contributed by atoms with Crippen LogP contribution < -0.4 is 10.6 Å². The highest BCUT2D eigenvalue weighted by atomic mass is 32.2. The van der Waals surface area contributed by atoms with E-state index in [1.807, 2.05) is 6.92 Å². The molecule has 2 amide bonds. The molecule has 0 aliphatic carbocycles. The first-order valence-electron chi connectivity index (χ1n) is 10.2. The predicted octanol–water partition coefficient (Wildman–Crippen LogP) is 2.60. The van der Waals surface area contributed by atoms with Gasteiger partial charge in [0.15, 0.2) is 0 Å². The van der Waals surface area contributed by atoms with Gasteiger partial charge in [0, 0.05) is 24.7 Å². The van der Waals surface area contributed by atoms with Crippen molar-refractivity contribution in [3.8, 4) is 0 Å². The summed E-state index contributed by atoms with van der Waals surface area (Å²) in [7, 11) is -2.57. The minimum atomic E-state index is -3.61. The molecule has 2 N–H and O–H groups in total. The number of alkyl carbamates (subject to hydrolysis) is 1. The second-order valence-electron chi connectivity index (χ2n) is 7.83. The Hall–Kier alpha value is -2.73. The maximum Gasteiger partial charge on any atom is 0.407 e. The number of hydrogen-bond donors (Lipinski definition) is 2. The van der Waals surface area contributed by atoms with Crippen LogP contribution in [0, 0.1) is 22.0 Å². The Bertz CT molecular complexity index is 902. The highest BCUT2D eigenvalue weighted by molar-refractivity contribution is 7.86. The number of amides is 2. The highest BCUT2D eigenvalue weighted by Gasteiger charge is 2.19. The molecule has 0 radical (unpaired) electrons. The fourth-order valence-corrected chi connectivity index (χ4v) is 3.64. The number of carbonyl (C=O) groups excluding carboxylic acids is 2. The molecule has 0 spiro atoms. The number of nitro benzene ring substituents is 1. The van der Waals surface area contributed by atoms with E-state index in [2.05, 4.69) is 28.7 Å². The lowest BCUT2D eigenvalue weighted by Crippen LogP contribution is -2.29. The third-order valence-corrected chi connectivity index (χ3v) is 5.78. The van der Waals surface area contributed by atoms with Crippen molar-refractivity contribution in [2.75, 3.05) is 26.0 Å². The number of nitro groups is 1. The van der Waals surface area contributed by atoms with E-state index in [9.17, 15) is 28.1 Å². The lowest BCUT2D eigenvalue weighted by atomic mass is 9.99. The summed E-state index contributed by atoms with van der Waals surface area (Å²) < 4.78 is 31.6. The first-order valence-corrected chi connectivity index (χ1v) is 11.8. The van der Waals surface area contributed by atoms with Gasteiger partial charge >= 0.3 is 6.09 Å². The van der Waals surface area contributed by atoms with E-state index in [1.54, 1.807) is 0 Å². The number of rotatable bonds is 13. The molecular weight excluding hydrogens is 442 g/mol. The van der Waals surface area contributed by atoms with Crippen LogP contribution >= 0.6 is 0 Å². The quantitative estimate of drug-likeness (QED) is 0.192. The molecule has 0 saturated heterocycles. The maximum atomic E-state index is 12.3. The van der Waals surface area contributed by atoms with Crippen molar-refractivity contribution in [1.82, 2.24) is 10.6 Å². The standard InChI is InChI=1S/C20H31N3O8S/c1-14(2)10-15(3)12-22-19(24)16-6-7-17(18(11-16)23(26)27)13-31-20(25)21-8-5-9-32(28,29)30-4/h6-7,11,14-15H,5,8-10,12-13H2,1-4H3,(H,21,25)(H,22,24). The SMILES string of the molecule is COS(=O)(=O)CCCNC(=O)OCc1ccc(C(=O)NCC(C)CC(C)C)cc1[N+](=O)[O-]. The first-order chi connectivity index (χ1) is 14.9. The molecular formula is C20H31N3O8S. The first kappa shape index (κ1) is 27.3. The van der Waals surface area contributed by atoms with Crippen LogP contribution in [0.2, 0.25) is 0 Å². The van der Waals surface area contributed by atoms with Crippen LogP contribution in [0.15, 0.2) is 18.2 Å². The number of ether oxygens (including phenoxy) is 1. The minimum absolute atomic E-state index is 0.0257. The summed E-state index contributed by atoms with van der Waals surface area (Å²) in [5.74, 6) is 0.0854. The Balaban J connectivity index is 2.64. The van der Waals surface area contributed by atoms with Crippen molar-refractivity contribution >= 4 is 27.8 Å². The summed E-state index contributed by atoms with van der Waals surface area (Å²) in [6.45, 7) is 6.30. The van der Waals surface area contributed by atoms with Crippen LogP contribution in [-0.2, 0) is 25.6 Å². The third kappa shape index (κ3) is 10.1. The van der Waals surface area contributed by atoms with Gasteiger partial charge in [-0.2, -0.15) is 8.42 Å². The van der Waals surface area contributed by atoms with E-state index in [4.69, 9.17) is 4.74 Å². The van der Waals surface area contributed by atoms with Gasteiger partial charge in [0.1, 0.15) is 6.61 Å². The number of benzene rings is 1. The van der Waals surface area contributed by atoms with Gasteiger partial charge in [0.25, 0.3) is 21.7 Å². The molecule has 1 unspecified atom stereocenters. The van der Waals surface area contributed by atoms with Crippen molar-refractivity contribution in [1.29, 1.82) is 0 Å². The second-order valence-corrected chi connectivity index (χ2v) is 9.69. The monoisotopic (exact) mass is 473 g/mol. The van der Waals surface area contributed by atoms with E-state index in [0.717, 1.165) is 19.6 Å². The van der Waals surface area contributed by atoms with Gasteiger partial charge in [-0.3, -0.25) is 19.1 Å². The van der Waals surface area contributed by atoms with Crippen molar-refractivity contribution in [3.63, 3.8) is 0 Å². The van der Waals surface area contributed by atoms with Crippen molar-refractivity contribution < 1.29 is 31.9 Å². The Kier molecular flexibility index (Phi) is 11.1. The number of nitrogens with one attached hydrogen (secondary N) is 2. The van der Waals surface area contributed by atoms with Crippen molar-refractivity contribution in [2.24, 2.45) is 11.8 Å². The van der Waals surface area contributed by atoms with Crippen LogP contribution in [0.1, 0.15) is 49.5 Å². The topological polar surface area (TPSA) is 154 Å². The van der Waals surface area contributed by atoms with Gasteiger partial charge in [-0.1, -0.05) is 20.8 Å². The van der Waals surface area contributed by atoms with Gasteiger partial charge in [0.2, 0.25) is 0 Å². The molecule has 0 heterocycles. The van der Waals surface area contributed by atoms with E-state index >= 15 is 0 Å². The van der Waals surface area contributed by atoms with E-state index in [-0.39, 0.29) is 48.1 Å². The molecule has 0 aliphatic heterocycles. The number of carbonyl (C=O) groups is 2. The summed E-state index contributed by atoms with van der Waals surface area (Å²) in [5, 5.41) is 16.5. The molecule has 0 aliphatic rings. The van der Waals surface area contributed by atoms with E-state index in [0.29, 0.717) is 12.5 Å². The molecule has 180 valence electrons. The smallest absolute Gasteiger partial charge is 0.407 e. The van der Waals surface area contributed by atoms with Crippen molar-refractivity contribution in [3.05, 3.63) is 39.4 Å². The normalized spacial score (nSPS) is 12.3. The fraction of sp³-hybridized carbons (Fsp3) is 0.600. The molecule has 12 heteroatoms. The average Bonchev–Trinajstić information content (AvgIpc) is 2.72. The fourth-order valence-electron chi connectivity index (χ4n) is 2.97. The molecule has 0 saturated carbocycles. The summed E-state index contributed by atoms with van der Waals surface area (Å²) in [6, 6.07) is 3.94. The molecule has 1 aromatic rings. The van der Waals surface area contributed by atoms with Gasteiger partial charge in [0.05, 0.1) is 23.3 Å². The zero-order valence-electron chi connectivity index (χ0n) is 18.8. The van der Waals surface area contributed by atoms with Gasteiger partial charge in [-0.25, -0.2) is 4.79 Å². The molecule has 32 heavy (non-hydrogen) atoms. The summed E-state index contributed by atoms with van der Waals surface area (Å²) in [4.78, 5) is 34.9. The average molecular weight is 474 g/mol. The largest absolute Gasteiger partial charge is 0.444 e. The molecule has 0 bridgehead atoms. The highest BCUT2D eigenvalue weighted by Crippen LogP contribution is 2.21. The summed E-state index contributed by atoms with van der Waals surface area (Å²) in [6.07, 6.45) is 0.210. The summed E-state index contributed by atoms with van der Waals surface area (Å²) in [5.41, 5.74) is -0.0790. The predicted molar refractivity (Wildman–Crippen MR) is 118 cm³/mol. The van der Waals surface area contributed by atoms with Crippen LogP contribution in [0.25, 0.3) is 0 Å². The molecule has 0 fully saturated rings. The molecule has 1 rings (SSSR count). The maximum absolute atomic E-state index is 12.3. The molecule has 0 aromatic heterocycles. The zero-order chi connectivity index (χ0) is 24.3. The zero-order valence-corrected chi connectivity index (χ0v) is 19.6. The summed E-state index contributed by atoms with van der Waals surface area (Å²) >= 11 is 0. The lowest BCUT2D eigenvalue weighted by molar-refractivity contribution is -0.385. The number of nitrogens with zero attached hydrogens (tertiary/aromatic N) is 1. The van der Waals surface area contributed by atoms with Crippen molar-refractivity contribution in [2.45, 2.75) is 40.2 Å². The van der Waals surface area contributed by atoms with Crippen LogP contribution in [0.3, 0.4) is 0 Å². The van der Waals surface area contributed by atoms with Crippen LogP contribution in [0.5, 0.6) is 0 Å². The van der Waals surface area contributed by atoms with Crippen LogP contribution in [0.4, 0.5) is 10.5 Å².